The number of thioether (sulfide) groups is 1. The highest BCUT2D eigenvalue weighted by atomic mass is 35.5. The highest BCUT2D eigenvalue weighted by Gasteiger charge is 2.22. The fraction of sp³-hybridized carbons (Fsp3) is 0.316. The molecule has 0 unspecified atom stereocenters. The molecule has 2 aromatic carbocycles. The first-order chi connectivity index (χ1) is 12.8. The average molecular weight is 427 g/mol. The van der Waals surface area contributed by atoms with Gasteiger partial charge >= 0.3 is 0 Å². The molecule has 146 valence electrons. The Morgan fingerprint density at radius 2 is 1.89 bits per heavy atom. The van der Waals surface area contributed by atoms with Crippen molar-refractivity contribution in [1.29, 1.82) is 0 Å². The van der Waals surface area contributed by atoms with Crippen molar-refractivity contribution in [2.24, 2.45) is 0 Å². The van der Waals surface area contributed by atoms with E-state index in [0.717, 1.165) is 27.6 Å². The van der Waals surface area contributed by atoms with Crippen LogP contribution in [0.1, 0.15) is 11.1 Å². The summed E-state index contributed by atoms with van der Waals surface area (Å²) in [6.45, 7) is 1.98. The fourth-order valence-electron chi connectivity index (χ4n) is 2.45. The number of hydrogen-bond acceptors (Lipinski definition) is 4. The van der Waals surface area contributed by atoms with E-state index in [1.807, 2.05) is 18.2 Å². The maximum absolute atomic E-state index is 12.2. The molecule has 0 aliphatic heterocycles. The smallest absolute Gasteiger partial charge is 0.240 e. The standard InChI is InChI=1S/C19H23ClN2O3S2/c1-15-8-9-17(20)12-18(15)22(27(2,24)25)13-19(23)21-10-11-26-14-16-6-4-3-5-7-16/h3-9,12H,10-11,13-14H2,1-2H3,(H,21,23). The van der Waals surface area contributed by atoms with Crippen LogP contribution in [0.25, 0.3) is 0 Å². The van der Waals surface area contributed by atoms with Crippen LogP contribution < -0.4 is 9.62 Å². The van der Waals surface area contributed by atoms with Gasteiger partial charge in [-0.2, -0.15) is 11.8 Å². The van der Waals surface area contributed by atoms with Gasteiger partial charge in [-0.15, -0.1) is 0 Å². The highest BCUT2D eigenvalue weighted by Crippen LogP contribution is 2.26. The third-order valence-corrected chi connectivity index (χ3v) is 6.20. The molecule has 0 aliphatic carbocycles. The van der Waals surface area contributed by atoms with Gasteiger partial charge in [0.1, 0.15) is 6.54 Å². The van der Waals surface area contributed by atoms with Crippen molar-refractivity contribution in [1.82, 2.24) is 5.32 Å². The van der Waals surface area contributed by atoms with Gasteiger partial charge in [0, 0.05) is 23.1 Å². The number of aryl methyl sites for hydroxylation is 1. The Morgan fingerprint density at radius 3 is 2.56 bits per heavy atom. The van der Waals surface area contributed by atoms with E-state index in [1.54, 1.807) is 36.9 Å². The minimum atomic E-state index is -3.61. The Morgan fingerprint density at radius 1 is 1.19 bits per heavy atom. The quantitative estimate of drug-likeness (QED) is 0.623. The molecule has 0 saturated heterocycles. The Hall–Kier alpha value is -1.70. The van der Waals surface area contributed by atoms with Gasteiger partial charge in [0.25, 0.3) is 0 Å². The average Bonchev–Trinajstić information content (AvgIpc) is 2.61. The number of carbonyl (C=O) groups excluding carboxylic acids is 1. The summed E-state index contributed by atoms with van der Waals surface area (Å²) < 4.78 is 25.4. The van der Waals surface area contributed by atoms with Crippen LogP contribution in [0.5, 0.6) is 0 Å². The summed E-state index contributed by atoms with van der Waals surface area (Å²) in [6.07, 6.45) is 1.08. The van der Waals surface area contributed by atoms with Gasteiger partial charge in [0.15, 0.2) is 0 Å². The summed E-state index contributed by atoms with van der Waals surface area (Å²) in [5.74, 6) is 1.27. The van der Waals surface area contributed by atoms with E-state index in [0.29, 0.717) is 17.3 Å². The van der Waals surface area contributed by atoms with E-state index in [9.17, 15) is 13.2 Å². The third kappa shape index (κ3) is 7.08. The molecule has 0 spiro atoms. The van der Waals surface area contributed by atoms with Gasteiger partial charge in [-0.05, 0) is 30.2 Å². The molecule has 0 radical (unpaired) electrons. The molecule has 0 bridgehead atoms. The zero-order valence-electron chi connectivity index (χ0n) is 15.3. The van der Waals surface area contributed by atoms with Gasteiger partial charge < -0.3 is 5.32 Å². The fourth-order valence-corrected chi connectivity index (χ4v) is 4.34. The van der Waals surface area contributed by atoms with Gasteiger partial charge in [-0.3, -0.25) is 9.10 Å². The van der Waals surface area contributed by atoms with Crippen molar-refractivity contribution in [3.05, 3.63) is 64.7 Å². The molecule has 0 atom stereocenters. The van der Waals surface area contributed by atoms with Crippen LogP contribution in [0.2, 0.25) is 5.02 Å². The lowest BCUT2D eigenvalue weighted by Gasteiger charge is -2.23. The number of nitrogens with zero attached hydrogens (tertiary/aromatic N) is 1. The van der Waals surface area contributed by atoms with Gasteiger partial charge in [-0.1, -0.05) is 48.0 Å². The maximum atomic E-state index is 12.2. The molecule has 5 nitrogen and oxygen atoms in total. The maximum Gasteiger partial charge on any atom is 0.240 e. The second kappa shape index (κ2) is 10.0. The van der Waals surface area contributed by atoms with Crippen molar-refractivity contribution >= 4 is 45.0 Å². The van der Waals surface area contributed by atoms with Crippen LogP contribution in [0.4, 0.5) is 5.69 Å². The molecule has 1 N–H and O–H groups in total. The van der Waals surface area contributed by atoms with Crippen LogP contribution in [-0.2, 0) is 20.6 Å². The van der Waals surface area contributed by atoms with Crippen LogP contribution in [0.15, 0.2) is 48.5 Å². The summed E-state index contributed by atoms with van der Waals surface area (Å²) >= 11 is 7.70. The number of amides is 1. The molecule has 0 fully saturated rings. The molecule has 1 amide bonds. The van der Waals surface area contributed by atoms with Crippen molar-refractivity contribution in [2.45, 2.75) is 12.7 Å². The zero-order valence-corrected chi connectivity index (χ0v) is 17.7. The monoisotopic (exact) mass is 426 g/mol. The number of carbonyl (C=O) groups is 1. The predicted octanol–water partition coefficient (Wildman–Crippen LogP) is 3.46. The molecule has 0 aromatic heterocycles. The summed E-state index contributed by atoms with van der Waals surface area (Å²) in [6, 6.07) is 15.1. The van der Waals surface area contributed by atoms with Gasteiger partial charge in [0.2, 0.25) is 15.9 Å². The Kier molecular flexibility index (Phi) is 8.01. The minimum absolute atomic E-state index is 0.274. The predicted molar refractivity (Wildman–Crippen MR) is 114 cm³/mol. The number of rotatable bonds is 9. The van der Waals surface area contributed by atoms with Crippen molar-refractivity contribution < 1.29 is 13.2 Å². The molecular weight excluding hydrogens is 404 g/mol. The second-order valence-electron chi connectivity index (χ2n) is 6.09. The summed E-state index contributed by atoms with van der Waals surface area (Å²) in [5, 5.41) is 3.19. The molecule has 2 rings (SSSR count). The van der Waals surface area contributed by atoms with E-state index < -0.39 is 10.0 Å². The number of hydrogen-bond donors (Lipinski definition) is 1. The molecule has 0 aliphatic rings. The number of nitrogens with one attached hydrogen (secondary N) is 1. The molecule has 8 heteroatoms. The zero-order chi connectivity index (χ0) is 19.9. The van der Waals surface area contributed by atoms with Crippen LogP contribution in [0.3, 0.4) is 0 Å². The first-order valence-corrected chi connectivity index (χ1v) is 11.8. The second-order valence-corrected chi connectivity index (χ2v) is 9.54. The molecule has 0 heterocycles. The first kappa shape index (κ1) is 21.6. The van der Waals surface area contributed by atoms with Crippen LogP contribution in [0, 0.1) is 6.92 Å². The van der Waals surface area contributed by atoms with E-state index in [-0.39, 0.29) is 12.5 Å². The van der Waals surface area contributed by atoms with E-state index in [4.69, 9.17) is 11.6 Å². The van der Waals surface area contributed by atoms with Gasteiger partial charge in [0.05, 0.1) is 11.9 Å². The largest absolute Gasteiger partial charge is 0.354 e. The van der Waals surface area contributed by atoms with Crippen molar-refractivity contribution in [3.8, 4) is 0 Å². The topological polar surface area (TPSA) is 66.5 Å². The molecular formula is C19H23ClN2O3S2. The Balaban J connectivity index is 1.88. The number of sulfonamides is 1. The lowest BCUT2D eigenvalue weighted by atomic mass is 10.2. The molecule has 2 aromatic rings. The van der Waals surface area contributed by atoms with E-state index in [1.165, 1.54) is 5.56 Å². The van der Waals surface area contributed by atoms with Gasteiger partial charge in [-0.25, -0.2) is 8.42 Å². The number of anilines is 1. The van der Waals surface area contributed by atoms with Crippen LogP contribution >= 0.6 is 23.4 Å². The highest BCUT2D eigenvalue weighted by molar-refractivity contribution is 7.98. The lowest BCUT2D eigenvalue weighted by Crippen LogP contribution is -2.41. The Labute approximate surface area is 170 Å². The Bertz CT molecular complexity index is 874. The third-order valence-electron chi connectivity index (χ3n) is 3.81. The number of benzene rings is 2. The van der Waals surface area contributed by atoms with Crippen molar-refractivity contribution in [2.75, 3.05) is 29.4 Å². The van der Waals surface area contributed by atoms with E-state index in [2.05, 4.69) is 17.4 Å². The van der Waals surface area contributed by atoms with Crippen LogP contribution in [-0.4, -0.2) is 39.4 Å². The minimum Gasteiger partial charge on any atom is -0.354 e. The lowest BCUT2D eigenvalue weighted by molar-refractivity contribution is -0.119. The van der Waals surface area contributed by atoms with E-state index >= 15 is 0 Å². The summed E-state index contributed by atoms with van der Waals surface area (Å²) in [5.41, 5.74) is 2.38. The number of halogens is 1. The molecule has 27 heavy (non-hydrogen) atoms. The SMILES string of the molecule is Cc1ccc(Cl)cc1N(CC(=O)NCCSCc1ccccc1)S(C)(=O)=O. The van der Waals surface area contributed by atoms with Crippen molar-refractivity contribution in [3.63, 3.8) is 0 Å². The summed E-state index contributed by atoms with van der Waals surface area (Å²) in [7, 11) is -3.61. The molecule has 0 saturated carbocycles. The first-order valence-electron chi connectivity index (χ1n) is 8.39. The summed E-state index contributed by atoms with van der Waals surface area (Å²) in [4.78, 5) is 12.2. The normalized spacial score (nSPS) is 11.2.